The van der Waals surface area contributed by atoms with Gasteiger partial charge in [0.1, 0.15) is 6.61 Å². The van der Waals surface area contributed by atoms with Gasteiger partial charge in [-0.2, -0.15) is 0 Å². The highest BCUT2D eigenvalue weighted by Gasteiger charge is 2.26. The standard InChI is InChI=1S/C69H108NO8P/c1-3-5-7-9-11-13-15-17-19-21-23-24-25-26-27-28-29-30-31-32-33-34-35-36-37-38-39-40-41-42-44-46-48-50-52-54-56-58-60-62-69(72)78-67(66-77-79(73,74)76-64-63-70)65-75-68(71)61-59-57-55-53-51-49-47-45-43-22-20-18-16-14-12-10-8-6-4-2/h5-8,11-14,17-20,23-24,26-27,29-30,32-33,35-36,38-39,43,45,49,51,55,57,67H,3-4,9-10,15-16,21-22,25,28,31,34,37,40-42,44,46-48,50,52-54,56,58-66,70H2,1-2H3,(H,73,74)/b7-5-,8-6-,13-11-,14-12-,19-17-,20-18-,24-23-,27-26-,30-29-,33-32-,36-35-,39-38-,45-43-,51-49-,57-55-. The molecule has 0 fully saturated rings. The molecule has 0 aromatic carbocycles. The lowest BCUT2D eigenvalue weighted by atomic mass is 10.0. The van der Waals surface area contributed by atoms with Crippen LogP contribution in [0.5, 0.6) is 0 Å². The number of phosphoric ester groups is 1. The zero-order chi connectivity index (χ0) is 57.3. The average molecular weight is 1110 g/mol. The topological polar surface area (TPSA) is 134 Å². The third kappa shape index (κ3) is 62.2. The normalized spacial score (nSPS) is 14.3. The molecular formula is C69H108NO8P. The molecule has 3 N–H and O–H groups in total. The number of carbonyl (C=O) groups excluding carboxylic acids is 2. The molecule has 0 radical (unpaired) electrons. The minimum absolute atomic E-state index is 0.0338. The van der Waals surface area contributed by atoms with Crippen molar-refractivity contribution < 1.29 is 37.6 Å². The first kappa shape index (κ1) is 74.1. The molecule has 0 bridgehead atoms. The summed E-state index contributed by atoms with van der Waals surface area (Å²) < 4.78 is 32.9. The van der Waals surface area contributed by atoms with Crippen molar-refractivity contribution in [1.82, 2.24) is 0 Å². The van der Waals surface area contributed by atoms with Gasteiger partial charge in [-0.1, -0.05) is 254 Å². The SMILES string of the molecule is CC/C=C\C/C=C\C/C=C\C/C=C\C/C=C\C/C=C\C/C=C\C/C=C\C/C=C\CCCCCCCCCCCCCC(=O)OC(COC(=O)CC/C=C\C/C=C\C/C=C\C/C=C\C/C=C\C/C=C\CC)COP(=O)(O)OCCN. The van der Waals surface area contributed by atoms with Gasteiger partial charge in [0.05, 0.1) is 13.2 Å². The first-order valence-electron chi connectivity index (χ1n) is 30.3. The van der Waals surface area contributed by atoms with Crippen LogP contribution in [0.1, 0.15) is 206 Å². The Kier molecular flexibility index (Phi) is 58.5. The van der Waals surface area contributed by atoms with E-state index in [2.05, 4.69) is 184 Å². The van der Waals surface area contributed by atoms with Gasteiger partial charge >= 0.3 is 19.8 Å². The monoisotopic (exact) mass is 1110 g/mol. The van der Waals surface area contributed by atoms with Crippen LogP contribution in [0, 0.1) is 0 Å². The van der Waals surface area contributed by atoms with Crippen molar-refractivity contribution in [2.24, 2.45) is 5.73 Å². The molecule has 0 rings (SSSR count). The quantitative estimate of drug-likeness (QED) is 0.0264. The van der Waals surface area contributed by atoms with Gasteiger partial charge in [-0.15, -0.1) is 0 Å². The number of carbonyl (C=O) groups is 2. The van der Waals surface area contributed by atoms with Crippen LogP contribution >= 0.6 is 7.82 Å². The first-order chi connectivity index (χ1) is 38.8. The van der Waals surface area contributed by atoms with Gasteiger partial charge in [0.2, 0.25) is 0 Å². The average Bonchev–Trinajstić information content (AvgIpc) is 3.44. The van der Waals surface area contributed by atoms with E-state index in [4.69, 9.17) is 24.3 Å². The Hall–Kier alpha value is -4.89. The predicted octanol–water partition coefficient (Wildman–Crippen LogP) is 19.6. The lowest BCUT2D eigenvalue weighted by Gasteiger charge is -2.19. The lowest BCUT2D eigenvalue weighted by molar-refractivity contribution is -0.161. The van der Waals surface area contributed by atoms with Crippen LogP contribution in [-0.4, -0.2) is 49.3 Å². The van der Waals surface area contributed by atoms with Crippen LogP contribution in [0.3, 0.4) is 0 Å². The second kappa shape index (κ2) is 62.3. The van der Waals surface area contributed by atoms with Gasteiger partial charge in [0, 0.05) is 19.4 Å². The number of allylic oxidation sites excluding steroid dienone is 30. The maximum atomic E-state index is 12.7. The molecule has 9 nitrogen and oxygen atoms in total. The number of hydrogen-bond acceptors (Lipinski definition) is 8. The summed E-state index contributed by atoms with van der Waals surface area (Å²) >= 11 is 0. The molecule has 0 aliphatic rings. The largest absolute Gasteiger partial charge is 0.472 e. The van der Waals surface area contributed by atoms with Crippen molar-refractivity contribution in [3.8, 4) is 0 Å². The first-order valence-corrected chi connectivity index (χ1v) is 31.8. The fraction of sp³-hybridized carbons (Fsp3) is 0.536. The minimum atomic E-state index is -4.42. The Balaban J connectivity index is 4.05. The third-order valence-electron chi connectivity index (χ3n) is 11.8. The van der Waals surface area contributed by atoms with Gasteiger partial charge in [-0.05, 0) is 122 Å². The van der Waals surface area contributed by atoms with E-state index in [1.807, 2.05) is 12.2 Å². The lowest BCUT2D eigenvalue weighted by Crippen LogP contribution is -2.29. The Labute approximate surface area is 482 Å². The molecule has 79 heavy (non-hydrogen) atoms. The smallest absolute Gasteiger partial charge is 0.462 e. The molecule has 0 saturated heterocycles. The summed E-state index contributed by atoms with van der Waals surface area (Å²) in [6, 6.07) is 0. The van der Waals surface area contributed by atoms with E-state index < -0.39 is 32.5 Å². The summed E-state index contributed by atoms with van der Waals surface area (Å²) in [4.78, 5) is 35.1. The van der Waals surface area contributed by atoms with Crippen LogP contribution in [0.15, 0.2) is 182 Å². The van der Waals surface area contributed by atoms with E-state index >= 15 is 0 Å². The van der Waals surface area contributed by atoms with Crippen LogP contribution in [-0.2, 0) is 32.7 Å². The summed E-state index contributed by atoms with van der Waals surface area (Å²) in [6.07, 6.45) is 94.0. The van der Waals surface area contributed by atoms with Crippen molar-refractivity contribution in [1.29, 1.82) is 0 Å². The van der Waals surface area contributed by atoms with Crippen LogP contribution < -0.4 is 5.73 Å². The summed E-state index contributed by atoms with van der Waals surface area (Å²) in [5.41, 5.74) is 5.37. The van der Waals surface area contributed by atoms with Crippen molar-refractivity contribution in [3.05, 3.63) is 182 Å². The zero-order valence-electron chi connectivity index (χ0n) is 49.3. The molecule has 0 spiro atoms. The van der Waals surface area contributed by atoms with Crippen LogP contribution in [0.25, 0.3) is 0 Å². The number of phosphoric acid groups is 1. The van der Waals surface area contributed by atoms with Crippen LogP contribution in [0.2, 0.25) is 0 Å². The van der Waals surface area contributed by atoms with E-state index in [-0.39, 0.29) is 32.6 Å². The molecule has 2 unspecified atom stereocenters. The highest BCUT2D eigenvalue weighted by atomic mass is 31.2. The number of nitrogens with two attached hydrogens (primary N) is 1. The summed E-state index contributed by atoms with van der Waals surface area (Å²) in [6.45, 7) is 3.40. The number of esters is 2. The van der Waals surface area contributed by atoms with E-state index in [0.29, 0.717) is 12.8 Å². The molecular weight excluding hydrogens is 1000 g/mol. The molecule has 0 aromatic rings. The molecule has 0 aliphatic carbocycles. The van der Waals surface area contributed by atoms with E-state index in [1.165, 1.54) is 44.9 Å². The fourth-order valence-electron chi connectivity index (χ4n) is 7.42. The van der Waals surface area contributed by atoms with Crippen molar-refractivity contribution in [2.75, 3.05) is 26.4 Å². The van der Waals surface area contributed by atoms with E-state index in [1.54, 1.807) is 0 Å². The van der Waals surface area contributed by atoms with Gasteiger partial charge in [0.15, 0.2) is 6.10 Å². The molecule has 0 saturated carbocycles. The predicted molar refractivity (Wildman–Crippen MR) is 339 cm³/mol. The summed E-state index contributed by atoms with van der Waals surface area (Å²) in [5, 5.41) is 0. The van der Waals surface area contributed by atoms with Crippen molar-refractivity contribution in [2.45, 2.75) is 213 Å². The Morgan fingerprint density at radius 2 is 0.684 bits per heavy atom. The minimum Gasteiger partial charge on any atom is -0.462 e. The molecule has 0 heterocycles. The highest BCUT2D eigenvalue weighted by molar-refractivity contribution is 7.47. The zero-order valence-corrected chi connectivity index (χ0v) is 50.2. The number of hydrogen-bond donors (Lipinski definition) is 2. The molecule has 442 valence electrons. The van der Waals surface area contributed by atoms with Gasteiger partial charge in [0.25, 0.3) is 0 Å². The van der Waals surface area contributed by atoms with E-state index in [0.717, 1.165) is 122 Å². The number of ether oxygens (including phenoxy) is 2. The molecule has 0 aliphatic heterocycles. The Bertz CT molecular complexity index is 1940. The van der Waals surface area contributed by atoms with E-state index in [9.17, 15) is 19.0 Å². The van der Waals surface area contributed by atoms with Crippen molar-refractivity contribution in [3.63, 3.8) is 0 Å². The van der Waals surface area contributed by atoms with Gasteiger partial charge in [-0.3, -0.25) is 18.6 Å². The van der Waals surface area contributed by atoms with Crippen molar-refractivity contribution >= 4 is 19.8 Å². The summed E-state index contributed by atoms with van der Waals surface area (Å²) in [5.74, 6) is -0.943. The second-order valence-electron chi connectivity index (χ2n) is 19.1. The Morgan fingerprint density at radius 3 is 1.03 bits per heavy atom. The highest BCUT2D eigenvalue weighted by Crippen LogP contribution is 2.43. The number of rotatable bonds is 54. The van der Waals surface area contributed by atoms with Crippen LogP contribution in [0.4, 0.5) is 0 Å². The summed E-state index contributed by atoms with van der Waals surface area (Å²) in [7, 11) is -4.42. The number of unbranched alkanes of at least 4 members (excludes halogenated alkanes) is 11. The maximum absolute atomic E-state index is 12.7. The van der Waals surface area contributed by atoms with Gasteiger partial charge < -0.3 is 20.1 Å². The molecule has 10 heteroatoms. The third-order valence-corrected chi connectivity index (χ3v) is 12.8. The van der Waals surface area contributed by atoms with Gasteiger partial charge in [-0.25, -0.2) is 4.57 Å². The molecule has 0 amide bonds. The fourth-order valence-corrected chi connectivity index (χ4v) is 8.18. The molecule has 2 atom stereocenters. The second-order valence-corrected chi connectivity index (χ2v) is 20.6. The maximum Gasteiger partial charge on any atom is 0.472 e. The molecule has 0 aromatic heterocycles. The Morgan fingerprint density at radius 1 is 0.380 bits per heavy atom.